The van der Waals surface area contributed by atoms with Gasteiger partial charge in [-0.1, -0.05) is 66.7 Å². The maximum absolute atomic E-state index is 14.8. The molecule has 4 aromatic carbocycles. The largest absolute Gasteiger partial charge is 0.365 e. The van der Waals surface area contributed by atoms with Crippen molar-refractivity contribution in [2.45, 2.75) is 44.6 Å². The summed E-state index contributed by atoms with van der Waals surface area (Å²) in [5.74, 6) is -0.810. The number of alkyl halides is 1. The summed E-state index contributed by atoms with van der Waals surface area (Å²) >= 11 is 0. The predicted octanol–water partition coefficient (Wildman–Crippen LogP) is 6.75. The number of hydrogen-bond acceptors (Lipinski definition) is 7. The van der Waals surface area contributed by atoms with Gasteiger partial charge in [0.1, 0.15) is 18.8 Å². The maximum Gasteiger partial charge on any atom is 0.247 e. The summed E-state index contributed by atoms with van der Waals surface area (Å²) in [6.07, 6.45) is 3.46. The number of ketones is 1. The number of halogens is 1. The van der Waals surface area contributed by atoms with Crippen LogP contribution in [0.25, 0.3) is 33.2 Å². The Morgan fingerprint density at radius 1 is 0.889 bits per heavy atom. The van der Waals surface area contributed by atoms with Crippen molar-refractivity contribution in [3.8, 4) is 22.3 Å². The summed E-state index contributed by atoms with van der Waals surface area (Å²) in [5.41, 5.74) is 9.51. The minimum atomic E-state index is -1.33. The first-order valence-corrected chi connectivity index (χ1v) is 18.0. The molecule has 3 heterocycles. The summed E-state index contributed by atoms with van der Waals surface area (Å²) in [5, 5.41) is 14.7. The first kappa shape index (κ1) is 35.0. The fraction of sp³-hybridized carbons (Fsp3) is 0.233. The smallest absolute Gasteiger partial charge is 0.247 e. The summed E-state index contributed by atoms with van der Waals surface area (Å²) in [4.78, 5) is 41.0. The molecule has 10 nitrogen and oxygen atoms in total. The molecule has 2 N–H and O–H groups in total. The van der Waals surface area contributed by atoms with E-state index in [-0.39, 0.29) is 31.2 Å². The lowest BCUT2D eigenvalue weighted by Gasteiger charge is -2.24. The molecule has 0 saturated carbocycles. The van der Waals surface area contributed by atoms with E-state index in [1.807, 2.05) is 36.4 Å². The first-order valence-electron chi connectivity index (χ1n) is 18.0. The zero-order valence-electron chi connectivity index (χ0n) is 29.7. The van der Waals surface area contributed by atoms with E-state index in [9.17, 15) is 18.8 Å². The van der Waals surface area contributed by atoms with E-state index in [2.05, 4.69) is 69.4 Å². The fourth-order valence-corrected chi connectivity index (χ4v) is 7.71. The topological polar surface area (TPSA) is 118 Å². The highest BCUT2D eigenvalue weighted by Gasteiger charge is 2.40. The number of aromatic nitrogens is 3. The number of nitrogens with zero attached hydrogens (tertiary/aromatic N) is 4. The molecule has 2 amide bonds. The monoisotopic (exact) mass is 722 g/mol. The van der Waals surface area contributed by atoms with Gasteiger partial charge >= 0.3 is 0 Å². The number of carbonyl (C=O) groups excluding carboxylic acids is 3. The Kier molecular flexibility index (Phi) is 9.81. The van der Waals surface area contributed by atoms with Crippen LogP contribution in [0.4, 0.5) is 10.1 Å². The number of Topliss-reactive ketones (excluding diaryl/α,β-unsaturated/α-hetero) is 1. The normalized spacial score (nSPS) is 16.4. The Hall–Kier alpha value is -6.04. The Morgan fingerprint density at radius 2 is 1.63 bits per heavy atom. The summed E-state index contributed by atoms with van der Waals surface area (Å²) in [6, 6.07) is 30.8. The van der Waals surface area contributed by atoms with E-state index in [1.165, 1.54) is 34.1 Å². The SMILES string of the molecule is CC(=O)c1cn(CC(=O)N2CC(F)CC2C(=O)Nc2ccc(CNCOCC3c4ccccc4-c4ccccc43)cc2)c2ccc(-c3ccnnc3)cc12. The molecule has 1 saturated heterocycles. The molecule has 2 aliphatic rings. The van der Waals surface area contributed by atoms with Gasteiger partial charge in [0.15, 0.2) is 5.78 Å². The van der Waals surface area contributed by atoms with Crippen molar-refractivity contribution >= 4 is 34.2 Å². The van der Waals surface area contributed by atoms with Gasteiger partial charge in [0.25, 0.3) is 0 Å². The highest BCUT2D eigenvalue weighted by Crippen LogP contribution is 2.44. The van der Waals surface area contributed by atoms with Crippen molar-refractivity contribution in [1.29, 1.82) is 0 Å². The third-order valence-corrected chi connectivity index (χ3v) is 10.4. The lowest BCUT2D eigenvalue weighted by Crippen LogP contribution is -2.44. The zero-order valence-corrected chi connectivity index (χ0v) is 29.7. The highest BCUT2D eigenvalue weighted by atomic mass is 19.1. The van der Waals surface area contributed by atoms with Crippen LogP contribution in [0.1, 0.15) is 46.3 Å². The van der Waals surface area contributed by atoms with Crippen LogP contribution in [0.5, 0.6) is 0 Å². The molecule has 272 valence electrons. The van der Waals surface area contributed by atoms with Crippen LogP contribution >= 0.6 is 0 Å². The summed E-state index contributed by atoms with van der Waals surface area (Å²) in [7, 11) is 0. The Bertz CT molecular complexity index is 2300. The molecule has 54 heavy (non-hydrogen) atoms. The van der Waals surface area contributed by atoms with Gasteiger partial charge < -0.3 is 19.5 Å². The van der Waals surface area contributed by atoms with Gasteiger partial charge in [0.2, 0.25) is 11.8 Å². The average Bonchev–Trinajstić information content (AvgIpc) is 3.87. The van der Waals surface area contributed by atoms with E-state index < -0.39 is 24.0 Å². The number of rotatable bonds is 12. The van der Waals surface area contributed by atoms with E-state index in [1.54, 1.807) is 35.3 Å². The van der Waals surface area contributed by atoms with E-state index >= 15 is 0 Å². The van der Waals surface area contributed by atoms with Crippen LogP contribution in [0.3, 0.4) is 0 Å². The quantitative estimate of drug-likeness (QED) is 0.0815. The molecule has 0 radical (unpaired) electrons. The molecule has 1 aliphatic heterocycles. The fourth-order valence-electron chi connectivity index (χ4n) is 7.71. The molecule has 0 bridgehead atoms. The number of hydrogen-bond donors (Lipinski definition) is 2. The van der Waals surface area contributed by atoms with E-state index in [4.69, 9.17) is 4.74 Å². The van der Waals surface area contributed by atoms with Crippen LogP contribution in [-0.4, -0.2) is 69.4 Å². The molecule has 2 aromatic heterocycles. The van der Waals surface area contributed by atoms with Gasteiger partial charge in [0.05, 0.1) is 32.3 Å². The van der Waals surface area contributed by atoms with Crippen molar-refractivity contribution in [2.75, 3.05) is 25.2 Å². The number of amides is 2. The maximum atomic E-state index is 14.8. The molecule has 1 fully saturated rings. The molecular formula is C43H39FN6O4. The second kappa shape index (κ2) is 15.1. The van der Waals surface area contributed by atoms with Crippen molar-refractivity contribution in [1.82, 2.24) is 25.0 Å². The lowest BCUT2D eigenvalue weighted by atomic mass is 9.98. The summed E-state index contributed by atoms with van der Waals surface area (Å²) < 4.78 is 22.5. The van der Waals surface area contributed by atoms with Crippen molar-refractivity contribution in [2.24, 2.45) is 0 Å². The zero-order chi connectivity index (χ0) is 37.2. The molecular weight excluding hydrogens is 684 g/mol. The van der Waals surface area contributed by atoms with Crippen molar-refractivity contribution in [3.63, 3.8) is 0 Å². The minimum Gasteiger partial charge on any atom is -0.365 e. The highest BCUT2D eigenvalue weighted by molar-refractivity contribution is 6.08. The Labute approximate surface area is 312 Å². The van der Waals surface area contributed by atoms with Gasteiger partial charge in [0, 0.05) is 52.8 Å². The molecule has 2 atom stereocenters. The van der Waals surface area contributed by atoms with Gasteiger partial charge in [-0.05, 0) is 70.6 Å². The van der Waals surface area contributed by atoms with Gasteiger partial charge in [-0.3, -0.25) is 19.7 Å². The molecule has 6 aromatic rings. The van der Waals surface area contributed by atoms with Crippen LogP contribution in [-0.2, 0) is 27.4 Å². The van der Waals surface area contributed by atoms with Crippen molar-refractivity contribution in [3.05, 3.63) is 138 Å². The van der Waals surface area contributed by atoms with Gasteiger partial charge in [-0.2, -0.15) is 10.2 Å². The predicted molar refractivity (Wildman–Crippen MR) is 204 cm³/mol. The van der Waals surface area contributed by atoms with Gasteiger partial charge in [-0.25, -0.2) is 4.39 Å². The number of anilines is 1. The van der Waals surface area contributed by atoms with Crippen molar-refractivity contribution < 1.29 is 23.5 Å². The number of fused-ring (bicyclic) bond motifs is 4. The average molecular weight is 723 g/mol. The third kappa shape index (κ3) is 7.03. The van der Waals surface area contributed by atoms with Crippen LogP contribution in [0.15, 0.2) is 116 Å². The number of ether oxygens (including phenoxy) is 1. The van der Waals surface area contributed by atoms with Crippen LogP contribution in [0.2, 0.25) is 0 Å². The Morgan fingerprint density at radius 3 is 2.33 bits per heavy atom. The van der Waals surface area contributed by atoms with Gasteiger partial charge in [-0.15, -0.1) is 0 Å². The molecule has 11 heteroatoms. The third-order valence-electron chi connectivity index (χ3n) is 10.4. The lowest BCUT2D eigenvalue weighted by molar-refractivity contribution is -0.137. The number of benzene rings is 4. The molecule has 0 spiro atoms. The molecule has 2 unspecified atom stereocenters. The molecule has 1 aliphatic carbocycles. The molecule has 8 rings (SSSR count). The van der Waals surface area contributed by atoms with Crippen LogP contribution in [0, 0.1) is 0 Å². The number of nitrogens with one attached hydrogen (secondary N) is 2. The number of carbonyl (C=O) groups is 3. The second-order valence-electron chi connectivity index (χ2n) is 13.8. The van der Waals surface area contributed by atoms with E-state index in [0.717, 1.165) is 16.7 Å². The first-order chi connectivity index (χ1) is 26.3. The van der Waals surface area contributed by atoms with E-state index in [0.29, 0.717) is 42.0 Å². The Balaban J connectivity index is 0.859. The number of likely N-dealkylation sites (tertiary alicyclic amines) is 1. The standard InChI is InChI=1S/C43H39FN6O4/c1-27(51)38-23-49(40-15-12-29(18-37(38)40)30-16-17-46-47-21-30)24-42(52)50-22-31(44)19-41(50)43(53)48-32-13-10-28(11-14-32)20-45-26-54-25-39-35-8-4-2-6-33(35)34-7-3-5-9-36(34)39/h2-18,21,23,31,39,41,45H,19-20,22,24-26H2,1H3,(H,48,53). The summed E-state index contributed by atoms with van der Waals surface area (Å²) in [6.45, 7) is 2.67. The van der Waals surface area contributed by atoms with Crippen LogP contribution < -0.4 is 10.6 Å². The second-order valence-corrected chi connectivity index (χ2v) is 13.8. The minimum absolute atomic E-state index is 0.0912.